The average Bonchev–Trinajstić information content (AvgIpc) is 3.40. The van der Waals surface area contributed by atoms with Crippen LogP contribution in [0, 0.1) is 20.8 Å². The maximum Gasteiger partial charge on any atom is 0.330 e. The minimum absolute atomic E-state index is 0.263. The Balaban J connectivity index is 1.76. The van der Waals surface area contributed by atoms with Crippen molar-refractivity contribution in [2.45, 2.75) is 46.2 Å². The summed E-state index contributed by atoms with van der Waals surface area (Å²) in [6.45, 7) is 8.11. The quantitative estimate of drug-likeness (QED) is 0.318. The summed E-state index contributed by atoms with van der Waals surface area (Å²) in [5.74, 6) is -0.584. The first-order valence-corrected chi connectivity index (χ1v) is 12.2. The number of carbonyl (C=O) groups is 1. The first-order chi connectivity index (χ1) is 17.7. The molecule has 3 aromatic heterocycles. The normalized spacial score (nSPS) is 13.2. The zero-order valence-corrected chi connectivity index (χ0v) is 21.6. The lowest BCUT2D eigenvalue weighted by Crippen LogP contribution is -2.31. The van der Waals surface area contributed by atoms with Gasteiger partial charge in [-0.3, -0.25) is 13.9 Å². The Hall–Kier alpha value is -4.33. The number of H-pyrrole nitrogens is 1. The number of rotatable bonds is 7. The van der Waals surface area contributed by atoms with Crippen LogP contribution < -0.4 is 10.4 Å². The molecular formula is C29H30N4O4. The third-order valence-corrected chi connectivity index (χ3v) is 7.08. The minimum Gasteiger partial charge on any atom is -0.481 e. The second-order valence-electron chi connectivity index (χ2n) is 9.69. The van der Waals surface area contributed by atoms with Crippen LogP contribution in [0.4, 0.5) is 0 Å². The second-order valence-corrected chi connectivity index (χ2v) is 9.69. The number of hydrogen-bond donors (Lipinski definition) is 2. The van der Waals surface area contributed by atoms with E-state index in [9.17, 15) is 14.7 Å². The van der Waals surface area contributed by atoms with Gasteiger partial charge >= 0.3 is 11.7 Å². The van der Waals surface area contributed by atoms with E-state index in [-0.39, 0.29) is 18.2 Å². The third kappa shape index (κ3) is 4.18. The van der Waals surface area contributed by atoms with Crippen molar-refractivity contribution < 1.29 is 14.6 Å². The summed E-state index contributed by atoms with van der Waals surface area (Å²) in [6, 6.07) is 12.5. The van der Waals surface area contributed by atoms with Gasteiger partial charge < -0.3 is 14.8 Å². The Morgan fingerprint density at radius 1 is 1.05 bits per heavy atom. The molecule has 0 amide bonds. The van der Waals surface area contributed by atoms with Crippen molar-refractivity contribution in [1.82, 2.24) is 19.1 Å². The van der Waals surface area contributed by atoms with E-state index in [1.807, 2.05) is 38.2 Å². The summed E-state index contributed by atoms with van der Waals surface area (Å²) in [4.78, 5) is 33.8. The van der Waals surface area contributed by atoms with E-state index < -0.39 is 12.0 Å². The number of aromatic nitrogens is 4. The van der Waals surface area contributed by atoms with Gasteiger partial charge in [0.25, 0.3) is 0 Å². The fourth-order valence-corrected chi connectivity index (χ4v) is 5.42. The number of carboxylic acids is 1. The van der Waals surface area contributed by atoms with Crippen molar-refractivity contribution in [3.63, 3.8) is 0 Å². The van der Waals surface area contributed by atoms with E-state index in [1.165, 1.54) is 12.7 Å². The molecule has 8 heteroatoms. The summed E-state index contributed by atoms with van der Waals surface area (Å²) in [6.07, 6.45) is 3.28. The molecule has 0 aliphatic rings. The number of nitrogens with one attached hydrogen (secondary N) is 1. The molecule has 190 valence electrons. The van der Waals surface area contributed by atoms with Gasteiger partial charge in [0.15, 0.2) is 0 Å². The van der Waals surface area contributed by atoms with Gasteiger partial charge in [-0.05, 0) is 68.1 Å². The standard InChI is InChI=1S/C29H30N4O4/c1-16-6-8-23-25(12-16)33(24(13-27(34)35)20-7-9-26(37-5)31-14-20)29(36)32(23)19(4)21-15-30-22-11-17(2)10-18(3)28(21)22/h6-12,14-15,19,24,30H,13H2,1-5H3,(H,34,35)/t19?,24-/m1/s1. The first kappa shape index (κ1) is 24.4. The molecule has 0 saturated carbocycles. The monoisotopic (exact) mass is 498 g/mol. The summed E-state index contributed by atoms with van der Waals surface area (Å²) in [5.41, 5.74) is 7.11. The molecule has 0 spiro atoms. The van der Waals surface area contributed by atoms with E-state index in [0.29, 0.717) is 17.0 Å². The van der Waals surface area contributed by atoms with Crippen LogP contribution in [-0.2, 0) is 4.79 Å². The molecule has 5 aromatic rings. The number of fused-ring (bicyclic) bond motifs is 2. The number of hydrogen-bond acceptors (Lipinski definition) is 4. The fraction of sp³-hybridized carbons (Fsp3) is 0.276. The molecule has 0 aliphatic carbocycles. The largest absolute Gasteiger partial charge is 0.481 e. The highest BCUT2D eigenvalue weighted by molar-refractivity contribution is 5.88. The molecule has 37 heavy (non-hydrogen) atoms. The summed E-state index contributed by atoms with van der Waals surface area (Å²) in [7, 11) is 1.52. The second kappa shape index (κ2) is 9.28. The SMILES string of the molecule is COc1ccc([C@@H](CC(=O)O)n2c(=O)n(C(C)c3c[nH]c4cc(C)cc(C)c34)c3ccc(C)cc32)cn1. The Morgan fingerprint density at radius 2 is 1.84 bits per heavy atom. The molecule has 5 rings (SSSR count). The van der Waals surface area contributed by atoms with Gasteiger partial charge in [0.05, 0.1) is 36.6 Å². The van der Waals surface area contributed by atoms with Gasteiger partial charge in [-0.2, -0.15) is 0 Å². The molecule has 0 aliphatic heterocycles. The Morgan fingerprint density at radius 3 is 2.51 bits per heavy atom. The van der Waals surface area contributed by atoms with E-state index in [1.54, 1.807) is 27.5 Å². The fourth-order valence-electron chi connectivity index (χ4n) is 5.42. The van der Waals surface area contributed by atoms with Crippen molar-refractivity contribution in [2.75, 3.05) is 7.11 Å². The number of benzene rings is 2. The van der Waals surface area contributed by atoms with Crippen LogP contribution in [0.1, 0.15) is 53.2 Å². The topological polar surface area (TPSA) is 102 Å². The van der Waals surface area contributed by atoms with Crippen LogP contribution in [0.15, 0.2) is 59.7 Å². The molecule has 1 unspecified atom stereocenters. The molecule has 0 radical (unpaired) electrons. The van der Waals surface area contributed by atoms with Crippen molar-refractivity contribution >= 4 is 27.9 Å². The Labute approximate surface area is 214 Å². The molecule has 2 N–H and O–H groups in total. The van der Waals surface area contributed by atoms with Gasteiger partial charge in [0.1, 0.15) is 0 Å². The molecular weight excluding hydrogens is 468 g/mol. The highest BCUT2D eigenvalue weighted by Crippen LogP contribution is 2.33. The molecule has 0 bridgehead atoms. The Bertz CT molecular complexity index is 1690. The maximum absolute atomic E-state index is 14.2. The smallest absolute Gasteiger partial charge is 0.330 e. The van der Waals surface area contributed by atoms with E-state index in [0.717, 1.165) is 33.1 Å². The van der Waals surface area contributed by atoms with Crippen LogP contribution >= 0.6 is 0 Å². The van der Waals surface area contributed by atoms with Crippen LogP contribution in [0.2, 0.25) is 0 Å². The number of aryl methyl sites for hydroxylation is 3. The van der Waals surface area contributed by atoms with E-state index >= 15 is 0 Å². The number of nitrogens with zero attached hydrogens (tertiary/aromatic N) is 3. The zero-order valence-electron chi connectivity index (χ0n) is 21.6. The number of aromatic amines is 1. The molecule has 0 fully saturated rings. The number of methoxy groups -OCH3 is 1. The van der Waals surface area contributed by atoms with Gasteiger partial charge in [-0.1, -0.05) is 18.2 Å². The van der Waals surface area contributed by atoms with Gasteiger partial charge in [0, 0.05) is 34.9 Å². The number of carboxylic acid groups (broad SMARTS) is 1. The number of pyridine rings is 1. The van der Waals surface area contributed by atoms with E-state index in [4.69, 9.17) is 4.74 Å². The summed E-state index contributed by atoms with van der Waals surface area (Å²) >= 11 is 0. The summed E-state index contributed by atoms with van der Waals surface area (Å²) < 4.78 is 8.54. The van der Waals surface area contributed by atoms with Gasteiger partial charge in [0.2, 0.25) is 5.88 Å². The van der Waals surface area contributed by atoms with Crippen LogP contribution in [0.3, 0.4) is 0 Å². The lowest BCUT2D eigenvalue weighted by atomic mass is 10.0. The van der Waals surface area contributed by atoms with Crippen LogP contribution in [0.5, 0.6) is 5.88 Å². The zero-order chi connectivity index (χ0) is 26.4. The molecule has 3 heterocycles. The van der Waals surface area contributed by atoms with Gasteiger partial charge in [-0.15, -0.1) is 0 Å². The van der Waals surface area contributed by atoms with Crippen molar-refractivity contribution in [2.24, 2.45) is 0 Å². The highest BCUT2D eigenvalue weighted by atomic mass is 16.5. The van der Waals surface area contributed by atoms with Crippen molar-refractivity contribution in [1.29, 1.82) is 0 Å². The number of aliphatic carboxylic acids is 1. The molecule has 0 saturated heterocycles. The van der Waals surface area contributed by atoms with Crippen molar-refractivity contribution in [3.8, 4) is 5.88 Å². The number of ether oxygens (including phenoxy) is 1. The predicted octanol–water partition coefficient (Wildman–Crippen LogP) is 5.29. The van der Waals surface area contributed by atoms with Gasteiger partial charge in [-0.25, -0.2) is 9.78 Å². The third-order valence-electron chi connectivity index (χ3n) is 7.08. The molecule has 2 aromatic carbocycles. The molecule has 2 atom stereocenters. The first-order valence-electron chi connectivity index (χ1n) is 12.2. The van der Waals surface area contributed by atoms with E-state index in [2.05, 4.69) is 35.9 Å². The lowest BCUT2D eigenvalue weighted by molar-refractivity contribution is -0.137. The maximum atomic E-state index is 14.2. The minimum atomic E-state index is -1.00. The van der Waals surface area contributed by atoms with Crippen LogP contribution in [-0.4, -0.2) is 37.3 Å². The molecule has 8 nitrogen and oxygen atoms in total. The lowest BCUT2D eigenvalue weighted by Gasteiger charge is -2.18. The average molecular weight is 499 g/mol. The van der Waals surface area contributed by atoms with Crippen LogP contribution in [0.25, 0.3) is 21.9 Å². The number of imidazole rings is 1. The Kier molecular flexibility index (Phi) is 6.11. The predicted molar refractivity (Wildman–Crippen MR) is 144 cm³/mol. The summed E-state index contributed by atoms with van der Waals surface area (Å²) in [5, 5.41) is 10.9. The highest BCUT2D eigenvalue weighted by Gasteiger charge is 2.28. The van der Waals surface area contributed by atoms with Crippen molar-refractivity contribution in [3.05, 3.63) is 93.2 Å².